The summed E-state index contributed by atoms with van der Waals surface area (Å²) in [5.41, 5.74) is 2.19. The molecule has 0 aromatic carbocycles. The van der Waals surface area contributed by atoms with Gasteiger partial charge >= 0.3 is 0 Å². The van der Waals surface area contributed by atoms with E-state index in [1.54, 1.807) is 11.3 Å². The van der Waals surface area contributed by atoms with E-state index < -0.39 is 6.43 Å². The maximum atomic E-state index is 12.7. The lowest BCUT2D eigenvalue weighted by Gasteiger charge is -2.43. The second-order valence-corrected chi connectivity index (χ2v) is 8.19. The van der Waals surface area contributed by atoms with Gasteiger partial charge in [-0.1, -0.05) is 0 Å². The molecule has 25 heavy (non-hydrogen) atoms. The number of fused-ring (bicyclic) bond motifs is 2. The summed E-state index contributed by atoms with van der Waals surface area (Å²) in [5.74, 6) is 0. The zero-order chi connectivity index (χ0) is 17.4. The van der Waals surface area contributed by atoms with Crippen molar-refractivity contribution >= 4 is 11.3 Å². The largest absolute Gasteiger partial charge is 0.369 e. The van der Waals surface area contributed by atoms with Crippen LogP contribution in [0.3, 0.4) is 0 Å². The Labute approximate surface area is 150 Å². The quantitative estimate of drug-likeness (QED) is 0.830. The SMILES string of the molecule is Cn1cc(CN2CCC3(CC2)OCCc2cc(CC(F)F)sc23)cn1. The van der Waals surface area contributed by atoms with E-state index in [1.165, 1.54) is 16.0 Å². The minimum atomic E-state index is -2.28. The van der Waals surface area contributed by atoms with Crippen LogP contribution in [0.4, 0.5) is 8.78 Å². The van der Waals surface area contributed by atoms with Crippen molar-refractivity contribution < 1.29 is 13.5 Å². The predicted molar refractivity (Wildman–Crippen MR) is 93.1 cm³/mol. The van der Waals surface area contributed by atoms with Gasteiger partial charge in [0.15, 0.2) is 0 Å². The standard InChI is InChI=1S/C18H23F2N3OS/c1-22-11-13(10-21-22)12-23-5-3-18(4-6-23)17-14(2-7-24-18)8-15(25-17)9-16(19)20/h8,10-11,16H,2-7,9,12H2,1H3. The molecule has 4 rings (SSSR count). The number of halogens is 2. The molecular formula is C18H23F2N3OS. The van der Waals surface area contributed by atoms with E-state index in [-0.39, 0.29) is 12.0 Å². The van der Waals surface area contributed by atoms with Crippen molar-refractivity contribution in [1.29, 1.82) is 0 Å². The highest BCUT2D eigenvalue weighted by Crippen LogP contribution is 2.45. The molecule has 0 amide bonds. The van der Waals surface area contributed by atoms with Crippen molar-refractivity contribution in [3.05, 3.63) is 39.3 Å². The van der Waals surface area contributed by atoms with E-state index >= 15 is 0 Å². The molecule has 0 N–H and O–H groups in total. The summed E-state index contributed by atoms with van der Waals surface area (Å²) in [5, 5.41) is 4.23. The number of hydrogen-bond acceptors (Lipinski definition) is 4. The van der Waals surface area contributed by atoms with Gasteiger partial charge in [0.2, 0.25) is 6.43 Å². The summed E-state index contributed by atoms with van der Waals surface area (Å²) in [6.45, 7) is 3.51. The first-order valence-corrected chi connectivity index (χ1v) is 9.60. The minimum Gasteiger partial charge on any atom is -0.369 e. The molecule has 2 aromatic heterocycles. The maximum absolute atomic E-state index is 12.7. The summed E-state index contributed by atoms with van der Waals surface area (Å²) < 4.78 is 33.5. The molecule has 2 aliphatic heterocycles. The van der Waals surface area contributed by atoms with Gasteiger partial charge in [-0.05, 0) is 30.9 Å². The van der Waals surface area contributed by atoms with Gasteiger partial charge in [0.05, 0.1) is 12.8 Å². The molecule has 0 unspecified atom stereocenters. The Hall–Kier alpha value is -1.31. The molecule has 0 saturated carbocycles. The number of aryl methyl sites for hydroxylation is 1. The van der Waals surface area contributed by atoms with Gasteiger partial charge in [0, 0.05) is 54.6 Å². The van der Waals surface area contributed by atoms with Crippen LogP contribution < -0.4 is 0 Å². The van der Waals surface area contributed by atoms with Gasteiger partial charge in [-0.3, -0.25) is 9.58 Å². The van der Waals surface area contributed by atoms with Gasteiger partial charge in [0.25, 0.3) is 0 Å². The Bertz CT molecular complexity index is 735. The van der Waals surface area contributed by atoms with Crippen molar-refractivity contribution in [2.75, 3.05) is 19.7 Å². The summed E-state index contributed by atoms with van der Waals surface area (Å²) in [7, 11) is 1.93. The number of piperidine rings is 1. The molecule has 1 fully saturated rings. The summed E-state index contributed by atoms with van der Waals surface area (Å²) in [4.78, 5) is 4.42. The molecule has 1 spiro atoms. The van der Waals surface area contributed by atoms with Gasteiger partial charge in [-0.2, -0.15) is 5.10 Å². The van der Waals surface area contributed by atoms with Crippen molar-refractivity contribution in [3.63, 3.8) is 0 Å². The average molecular weight is 367 g/mol. The highest BCUT2D eigenvalue weighted by atomic mass is 32.1. The lowest BCUT2D eigenvalue weighted by Crippen LogP contribution is -2.45. The molecule has 0 radical (unpaired) electrons. The summed E-state index contributed by atoms with van der Waals surface area (Å²) in [6, 6.07) is 1.98. The van der Waals surface area contributed by atoms with Crippen LogP contribution in [0.15, 0.2) is 18.5 Å². The first kappa shape index (κ1) is 17.1. The maximum Gasteiger partial charge on any atom is 0.243 e. The molecule has 4 nitrogen and oxygen atoms in total. The average Bonchev–Trinajstić information content (AvgIpc) is 3.16. The Morgan fingerprint density at radius 2 is 2.16 bits per heavy atom. The molecule has 4 heterocycles. The second kappa shape index (κ2) is 6.78. The third-order valence-electron chi connectivity index (χ3n) is 5.21. The van der Waals surface area contributed by atoms with Crippen LogP contribution in [0.1, 0.15) is 33.7 Å². The zero-order valence-corrected chi connectivity index (χ0v) is 15.2. The van der Waals surface area contributed by atoms with Crippen molar-refractivity contribution in [1.82, 2.24) is 14.7 Å². The van der Waals surface area contributed by atoms with Gasteiger partial charge in [-0.25, -0.2) is 8.78 Å². The highest BCUT2D eigenvalue weighted by Gasteiger charge is 2.42. The first-order chi connectivity index (χ1) is 12.0. The Balaban J connectivity index is 1.46. The van der Waals surface area contributed by atoms with Crippen molar-refractivity contribution in [2.45, 2.75) is 44.3 Å². The zero-order valence-electron chi connectivity index (χ0n) is 14.4. The molecular weight excluding hydrogens is 344 g/mol. The molecule has 1 saturated heterocycles. The van der Waals surface area contributed by atoms with Crippen LogP contribution in [0.5, 0.6) is 0 Å². The summed E-state index contributed by atoms with van der Waals surface area (Å²) >= 11 is 1.54. The Morgan fingerprint density at radius 3 is 2.84 bits per heavy atom. The number of alkyl halides is 2. The molecule has 0 aliphatic carbocycles. The monoisotopic (exact) mass is 367 g/mol. The molecule has 2 aromatic rings. The predicted octanol–water partition coefficient (Wildman–Crippen LogP) is 3.35. The fourth-order valence-electron chi connectivity index (χ4n) is 3.99. The van der Waals surface area contributed by atoms with E-state index in [4.69, 9.17) is 4.74 Å². The van der Waals surface area contributed by atoms with E-state index in [2.05, 4.69) is 16.2 Å². The number of aromatic nitrogens is 2. The first-order valence-electron chi connectivity index (χ1n) is 8.78. The van der Waals surface area contributed by atoms with Crippen LogP contribution in [0, 0.1) is 0 Å². The number of thiophene rings is 1. The molecule has 136 valence electrons. The lowest BCUT2D eigenvalue weighted by molar-refractivity contribution is -0.0960. The number of nitrogens with zero attached hydrogens (tertiary/aromatic N) is 3. The van der Waals surface area contributed by atoms with Crippen LogP contribution in [-0.2, 0) is 36.8 Å². The van der Waals surface area contributed by atoms with E-state index in [9.17, 15) is 8.78 Å². The van der Waals surface area contributed by atoms with Crippen LogP contribution in [-0.4, -0.2) is 40.8 Å². The van der Waals surface area contributed by atoms with Crippen LogP contribution in [0.2, 0.25) is 0 Å². The lowest BCUT2D eigenvalue weighted by atomic mass is 9.85. The third kappa shape index (κ3) is 3.50. The van der Waals surface area contributed by atoms with E-state index in [0.717, 1.165) is 43.8 Å². The summed E-state index contributed by atoms with van der Waals surface area (Å²) in [6.07, 6.45) is 4.24. The Kier molecular flexibility index (Phi) is 4.64. The normalized spacial score (nSPS) is 20.3. The van der Waals surface area contributed by atoms with E-state index in [0.29, 0.717) is 6.61 Å². The van der Waals surface area contributed by atoms with Gasteiger partial charge < -0.3 is 4.74 Å². The molecule has 0 bridgehead atoms. The van der Waals surface area contributed by atoms with Gasteiger partial charge in [0.1, 0.15) is 5.60 Å². The fraction of sp³-hybridized carbons (Fsp3) is 0.611. The van der Waals surface area contributed by atoms with Crippen molar-refractivity contribution in [3.8, 4) is 0 Å². The van der Waals surface area contributed by atoms with Crippen LogP contribution >= 0.6 is 11.3 Å². The third-order valence-corrected chi connectivity index (χ3v) is 6.59. The number of rotatable bonds is 4. The number of hydrogen-bond donors (Lipinski definition) is 0. The Morgan fingerprint density at radius 1 is 1.36 bits per heavy atom. The molecule has 0 atom stereocenters. The smallest absolute Gasteiger partial charge is 0.243 e. The fourth-order valence-corrected chi connectivity index (χ4v) is 5.40. The van der Waals surface area contributed by atoms with Crippen LogP contribution in [0.25, 0.3) is 0 Å². The van der Waals surface area contributed by atoms with Gasteiger partial charge in [-0.15, -0.1) is 11.3 Å². The topological polar surface area (TPSA) is 30.3 Å². The molecule has 2 aliphatic rings. The number of ether oxygens (including phenoxy) is 1. The molecule has 7 heteroatoms. The minimum absolute atomic E-state index is 0.138. The van der Waals surface area contributed by atoms with E-state index in [1.807, 2.05) is 24.0 Å². The van der Waals surface area contributed by atoms with Crippen molar-refractivity contribution in [2.24, 2.45) is 7.05 Å². The number of likely N-dealkylation sites (tertiary alicyclic amines) is 1. The second-order valence-electron chi connectivity index (χ2n) is 7.05. The highest BCUT2D eigenvalue weighted by molar-refractivity contribution is 7.12.